The third kappa shape index (κ3) is 4.43. The molecule has 25 heavy (non-hydrogen) atoms. The van der Waals surface area contributed by atoms with Crippen molar-refractivity contribution in [1.29, 1.82) is 0 Å². The van der Waals surface area contributed by atoms with Crippen LogP contribution in [-0.2, 0) is 16.6 Å². The molecule has 132 valence electrons. The molecule has 2 aromatic rings. The van der Waals surface area contributed by atoms with Crippen LogP contribution in [0.5, 0.6) is 0 Å². The van der Waals surface area contributed by atoms with E-state index in [1.807, 2.05) is 0 Å². The molecular weight excluding hydrogens is 344 g/mol. The monoisotopic (exact) mass is 361 g/mol. The van der Waals surface area contributed by atoms with Gasteiger partial charge in [0.2, 0.25) is 10.0 Å². The summed E-state index contributed by atoms with van der Waals surface area (Å²) >= 11 is 0. The quantitative estimate of drug-likeness (QED) is 0.793. The molecule has 0 atom stereocenters. The predicted octanol–water partition coefficient (Wildman–Crippen LogP) is 0.230. The molecule has 0 aliphatic carbocycles. The van der Waals surface area contributed by atoms with E-state index in [2.05, 4.69) is 5.32 Å². The third-order valence-electron chi connectivity index (χ3n) is 3.54. The lowest BCUT2D eigenvalue weighted by Gasteiger charge is -2.11. The summed E-state index contributed by atoms with van der Waals surface area (Å²) in [6.45, 7) is 0.212. The van der Waals surface area contributed by atoms with E-state index in [0.29, 0.717) is 5.56 Å². The van der Waals surface area contributed by atoms with Crippen LogP contribution in [0, 0.1) is 0 Å². The van der Waals surface area contributed by atoms with Crippen molar-refractivity contribution in [2.45, 2.75) is 11.4 Å². The van der Waals surface area contributed by atoms with Crippen molar-refractivity contribution in [3.63, 3.8) is 0 Å². The van der Waals surface area contributed by atoms with Gasteiger partial charge in [0.1, 0.15) is 0 Å². The van der Waals surface area contributed by atoms with Gasteiger partial charge in [-0.2, -0.15) is 0 Å². The Kier molecular flexibility index (Phi) is 5.55. The summed E-state index contributed by atoms with van der Waals surface area (Å²) in [4.78, 5) is 22.9. The summed E-state index contributed by atoms with van der Waals surface area (Å²) < 4.78 is 25.1. The summed E-state index contributed by atoms with van der Waals surface area (Å²) in [6.07, 6.45) is 0. The molecule has 8 heteroatoms. The van der Waals surface area contributed by atoms with Crippen LogP contribution in [0.15, 0.2) is 53.4 Å². The zero-order valence-electron chi connectivity index (χ0n) is 13.7. The molecule has 0 saturated heterocycles. The van der Waals surface area contributed by atoms with E-state index >= 15 is 0 Å². The van der Waals surface area contributed by atoms with Gasteiger partial charge in [-0.25, -0.2) is 12.7 Å². The highest BCUT2D eigenvalue weighted by Gasteiger charge is 2.17. The number of amides is 1. The number of hydrogen-bond donors (Lipinski definition) is 1. The smallest absolute Gasteiger partial charge is 0.251 e. The fourth-order valence-electron chi connectivity index (χ4n) is 2.03. The van der Waals surface area contributed by atoms with Gasteiger partial charge in [-0.1, -0.05) is 24.3 Å². The summed E-state index contributed by atoms with van der Waals surface area (Å²) in [5.41, 5.74) is 1.11. The normalized spacial score (nSPS) is 11.3. The molecule has 0 heterocycles. The summed E-state index contributed by atoms with van der Waals surface area (Å²) in [5.74, 6) is -1.62. The molecule has 0 aromatic heterocycles. The molecule has 2 aromatic carbocycles. The number of carbonyl (C=O) groups excluding carboxylic acids is 2. The predicted molar refractivity (Wildman–Crippen MR) is 89.3 cm³/mol. The van der Waals surface area contributed by atoms with Crippen molar-refractivity contribution in [3.05, 3.63) is 65.2 Å². The van der Waals surface area contributed by atoms with Crippen molar-refractivity contribution < 1.29 is 23.1 Å². The van der Waals surface area contributed by atoms with Crippen LogP contribution >= 0.6 is 0 Å². The number of rotatable bonds is 6. The molecule has 0 spiro atoms. The fraction of sp³-hybridized carbons (Fsp3) is 0.176. The van der Waals surface area contributed by atoms with Gasteiger partial charge in [0, 0.05) is 26.2 Å². The number of nitrogens with zero attached hydrogens (tertiary/aromatic N) is 1. The first-order chi connectivity index (χ1) is 11.7. The first-order valence-corrected chi connectivity index (χ1v) is 8.77. The lowest BCUT2D eigenvalue weighted by atomic mass is 10.1. The second-order valence-corrected chi connectivity index (χ2v) is 7.63. The van der Waals surface area contributed by atoms with Crippen LogP contribution in [0.4, 0.5) is 0 Å². The minimum atomic E-state index is -3.54. The molecule has 1 amide bonds. The average Bonchev–Trinajstić information content (AvgIpc) is 2.60. The van der Waals surface area contributed by atoms with Crippen LogP contribution in [0.3, 0.4) is 0 Å². The Morgan fingerprint density at radius 2 is 1.48 bits per heavy atom. The fourth-order valence-corrected chi connectivity index (χ4v) is 2.93. The van der Waals surface area contributed by atoms with Gasteiger partial charge in [0.15, 0.2) is 0 Å². The Labute approximate surface area is 146 Å². The zero-order valence-corrected chi connectivity index (χ0v) is 14.5. The number of benzene rings is 2. The molecule has 7 nitrogen and oxygen atoms in total. The Balaban J connectivity index is 2.02. The van der Waals surface area contributed by atoms with Gasteiger partial charge >= 0.3 is 0 Å². The topological polar surface area (TPSA) is 107 Å². The summed E-state index contributed by atoms with van der Waals surface area (Å²) in [5, 5.41) is 13.4. The maximum atomic E-state index is 12.1. The van der Waals surface area contributed by atoms with Crippen molar-refractivity contribution in [2.75, 3.05) is 14.1 Å². The second-order valence-electron chi connectivity index (χ2n) is 5.48. The van der Waals surface area contributed by atoms with E-state index in [1.54, 1.807) is 12.1 Å². The zero-order chi connectivity index (χ0) is 18.6. The molecule has 1 N–H and O–H groups in total. The van der Waals surface area contributed by atoms with Crippen molar-refractivity contribution in [3.8, 4) is 0 Å². The standard InChI is InChI=1S/C17H18N2O5S/c1-19(2)25(23,24)15-9-7-13(8-10-15)16(20)18-11-12-3-5-14(6-4-12)17(21)22/h3-10H,11H2,1-2H3,(H,18,20)(H,21,22)/p-1. The first kappa shape index (κ1) is 18.6. The van der Waals surface area contributed by atoms with Gasteiger partial charge in [-0.3, -0.25) is 4.79 Å². The van der Waals surface area contributed by atoms with Gasteiger partial charge in [0.05, 0.1) is 10.9 Å². The number of carbonyl (C=O) groups is 2. The number of carboxylic acid groups (broad SMARTS) is 1. The molecule has 0 unspecified atom stereocenters. The molecule has 0 radical (unpaired) electrons. The van der Waals surface area contributed by atoms with Crippen LogP contribution in [0.25, 0.3) is 0 Å². The highest BCUT2D eigenvalue weighted by Crippen LogP contribution is 2.14. The van der Waals surface area contributed by atoms with E-state index in [9.17, 15) is 23.1 Å². The number of carboxylic acids is 1. The first-order valence-electron chi connectivity index (χ1n) is 7.33. The maximum absolute atomic E-state index is 12.1. The number of nitrogens with one attached hydrogen (secondary N) is 1. The second kappa shape index (κ2) is 7.45. The van der Waals surface area contributed by atoms with Crippen LogP contribution in [-0.4, -0.2) is 38.7 Å². The third-order valence-corrected chi connectivity index (χ3v) is 5.37. The van der Waals surface area contributed by atoms with E-state index in [1.165, 1.54) is 50.5 Å². The molecule has 0 bridgehead atoms. The van der Waals surface area contributed by atoms with Gasteiger partial charge in [-0.15, -0.1) is 0 Å². The number of aromatic carboxylic acids is 1. The van der Waals surface area contributed by atoms with Crippen molar-refractivity contribution in [1.82, 2.24) is 9.62 Å². The Morgan fingerprint density at radius 3 is 1.96 bits per heavy atom. The highest BCUT2D eigenvalue weighted by molar-refractivity contribution is 7.89. The van der Waals surface area contributed by atoms with Crippen LogP contribution in [0.2, 0.25) is 0 Å². The SMILES string of the molecule is CN(C)S(=O)(=O)c1ccc(C(=O)NCc2ccc(C(=O)[O-])cc2)cc1. The number of hydrogen-bond acceptors (Lipinski definition) is 5. The lowest BCUT2D eigenvalue weighted by Crippen LogP contribution is -2.24. The Morgan fingerprint density at radius 1 is 0.960 bits per heavy atom. The van der Waals surface area contributed by atoms with Crippen LogP contribution in [0.1, 0.15) is 26.3 Å². The van der Waals surface area contributed by atoms with Gasteiger partial charge in [0.25, 0.3) is 5.91 Å². The van der Waals surface area contributed by atoms with E-state index < -0.39 is 16.0 Å². The van der Waals surface area contributed by atoms with Crippen LogP contribution < -0.4 is 10.4 Å². The maximum Gasteiger partial charge on any atom is 0.251 e. The van der Waals surface area contributed by atoms with E-state index in [4.69, 9.17) is 0 Å². The molecule has 0 saturated carbocycles. The van der Waals surface area contributed by atoms with Crippen molar-refractivity contribution >= 4 is 21.9 Å². The van der Waals surface area contributed by atoms with E-state index in [-0.39, 0.29) is 22.9 Å². The lowest BCUT2D eigenvalue weighted by molar-refractivity contribution is -0.255. The summed E-state index contributed by atoms with van der Waals surface area (Å²) in [6, 6.07) is 11.6. The van der Waals surface area contributed by atoms with Gasteiger partial charge in [-0.05, 0) is 35.4 Å². The Bertz CT molecular complexity index is 872. The minimum Gasteiger partial charge on any atom is -0.545 e. The molecule has 0 aliphatic rings. The molecule has 0 aliphatic heterocycles. The molecular formula is C17H17N2O5S-. The average molecular weight is 361 g/mol. The molecule has 2 rings (SSSR count). The van der Waals surface area contributed by atoms with Crippen molar-refractivity contribution in [2.24, 2.45) is 0 Å². The van der Waals surface area contributed by atoms with E-state index in [0.717, 1.165) is 9.87 Å². The highest BCUT2D eigenvalue weighted by atomic mass is 32.2. The summed E-state index contributed by atoms with van der Waals surface area (Å²) in [7, 11) is -0.673. The van der Waals surface area contributed by atoms with Gasteiger partial charge < -0.3 is 15.2 Å². The minimum absolute atomic E-state index is 0.0627. The largest absolute Gasteiger partial charge is 0.545 e. The Hall–Kier alpha value is -2.71. The number of sulfonamides is 1. The molecule has 0 fully saturated rings.